The fourth-order valence-corrected chi connectivity index (χ4v) is 4.40. The molecule has 0 atom stereocenters. The van der Waals surface area contributed by atoms with Crippen LogP contribution in [0, 0.1) is 6.92 Å². The van der Waals surface area contributed by atoms with Gasteiger partial charge in [0.1, 0.15) is 5.75 Å². The normalized spacial score (nSPS) is 10.5. The van der Waals surface area contributed by atoms with E-state index in [0.29, 0.717) is 5.75 Å². The van der Waals surface area contributed by atoms with Gasteiger partial charge in [0.05, 0.1) is 10.9 Å². The molecule has 0 unspecified atom stereocenters. The fourth-order valence-electron chi connectivity index (χ4n) is 2.85. The second-order valence-electron chi connectivity index (χ2n) is 6.23. The lowest BCUT2D eigenvalue weighted by atomic mass is 10.0. The number of hydrogen-bond donors (Lipinski definition) is 2. The summed E-state index contributed by atoms with van der Waals surface area (Å²) in [5.74, 6) is -0.161. The van der Waals surface area contributed by atoms with Gasteiger partial charge in [0.25, 0.3) is 5.91 Å². The molecule has 2 amide bonds. The van der Waals surface area contributed by atoms with Crippen molar-refractivity contribution in [3.63, 3.8) is 0 Å². The van der Waals surface area contributed by atoms with E-state index < -0.39 is 5.91 Å². The number of halogens is 2. The molecule has 3 aromatic carbocycles. The molecular weight excluding hydrogens is 488 g/mol. The predicted molar refractivity (Wildman–Crippen MR) is 116 cm³/mol. The Morgan fingerprint density at radius 2 is 1.68 bits per heavy atom. The van der Waals surface area contributed by atoms with E-state index in [9.17, 15) is 9.59 Å². The summed E-state index contributed by atoms with van der Waals surface area (Å²) in [5, 5.41) is 2.09. The Bertz CT molecular complexity index is 1010. The van der Waals surface area contributed by atoms with Crippen LogP contribution in [0.3, 0.4) is 0 Å². The number of carbonyl (C=O) groups is 2. The summed E-state index contributed by atoms with van der Waals surface area (Å²) >= 11 is 6.81. The molecule has 2 N–H and O–H groups in total. The predicted octanol–water partition coefficient (Wildman–Crippen LogP) is 4.44. The highest BCUT2D eigenvalue weighted by Crippen LogP contribution is 2.32. The molecule has 7 heteroatoms. The molecule has 144 valence electrons. The van der Waals surface area contributed by atoms with Crippen LogP contribution in [-0.4, -0.2) is 18.4 Å². The van der Waals surface area contributed by atoms with E-state index in [4.69, 9.17) is 4.74 Å². The van der Waals surface area contributed by atoms with E-state index in [1.807, 2.05) is 61.5 Å². The minimum atomic E-state index is -0.444. The number of carbonyl (C=O) groups excluding carboxylic acids is 2. The van der Waals surface area contributed by atoms with Crippen molar-refractivity contribution in [2.45, 2.75) is 13.3 Å². The van der Waals surface area contributed by atoms with E-state index in [2.05, 4.69) is 42.7 Å². The molecule has 0 aliphatic heterocycles. The Morgan fingerprint density at radius 3 is 2.46 bits per heavy atom. The Hall–Kier alpha value is -2.38. The topological polar surface area (TPSA) is 67.4 Å². The van der Waals surface area contributed by atoms with E-state index in [-0.39, 0.29) is 18.9 Å². The van der Waals surface area contributed by atoms with Crippen LogP contribution in [0.25, 0.3) is 10.8 Å². The lowest BCUT2D eigenvalue weighted by molar-refractivity contribution is -0.129. The molecular formula is C21H18Br2N2O3. The van der Waals surface area contributed by atoms with Crippen molar-refractivity contribution in [1.29, 1.82) is 0 Å². The summed E-state index contributed by atoms with van der Waals surface area (Å²) < 4.78 is 7.22. The molecule has 0 saturated carbocycles. The molecule has 0 aliphatic rings. The molecule has 28 heavy (non-hydrogen) atoms. The Balaban J connectivity index is 1.53. The smallest absolute Gasteiger partial charge is 0.276 e. The third-order valence-corrected chi connectivity index (χ3v) is 5.16. The van der Waals surface area contributed by atoms with Crippen molar-refractivity contribution in [2.24, 2.45) is 0 Å². The van der Waals surface area contributed by atoms with Gasteiger partial charge in [0.15, 0.2) is 6.61 Å². The zero-order valence-corrected chi connectivity index (χ0v) is 18.3. The molecule has 0 aliphatic carbocycles. The molecule has 0 bridgehead atoms. The average molecular weight is 506 g/mol. The number of ether oxygens (including phenoxy) is 1. The van der Waals surface area contributed by atoms with Crippen molar-refractivity contribution in [3.05, 3.63) is 74.7 Å². The number of hydrogen-bond acceptors (Lipinski definition) is 3. The Morgan fingerprint density at radius 1 is 0.964 bits per heavy atom. The van der Waals surface area contributed by atoms with Crippen LogP contribution >= 0.6 is 31.9 Å². The molecule has 0 radical (unpaired) electrons. The minimum absolute atomic E-state index is 0.167. The van der Waals surface area contributed by atoms with E-state index in [1.165, 1.54) is 0 Å². The highest BCUT2D eigenvalue weighted by molar-refractivity contribution is 9.11. The molecule has 0 fully saturated rings. The Labute approximate surface area is 179 Å². The molecule has 0 heterocycles. The number of rotatable bonds is 5. The van der Waals surface area contributed by atoms with Crippen LogP contribution in [0.4, 0.5) is 0 Å². The summed E-state index contributed by atoms with van der Waals surface area (Å²) in [4.78, 5) is 24.2. The maximum Gasteiger partial charge on any atom is 0.276 e. The Kier molecular flexibility index (Phi) is 6.70. The lowest BCUT2D eigenvalue weighted by Crippen LogP contribution is -2.44. The van der Waals surface area contributed by atoms with Crippen LogP contribution < -0.4 is 15.6 Å². The summed E-state index contributed by atoms with van der Waals surface area (Å²) in [5.41, 5.74) is 6.60. The second-order valence-corrected chi connectivity index (χ2v) is 8.00. The molecule has 0 aromatic heterocycles. The van der Waals surface area contributed by atoms with E-state index in [1.54, 1.807) is 0 Å². The van der Waals surface area contributed by atoms with Crippen LogP contribution in [0.15, 0.2) is 63.5 Å². The van der Waals surface area contributed by atoms with Crippen molar-refractivity contribution in [1.82, 2.24) is 10.9 Å². The van der Waals surface area contributed by atoms with Gasteiger partial charge in [-0.1, -0.05) is 58.4 Å². The highest BCUT2D eigenvalue weighted by Gasteiger charge is 2.11. The number of hydrazine groups is 1. The van der Waals surface area contributed by atoms with Crippen LogP contribution in [0.5, 0.6) is 5.75 Å². The lowest BCUT2D eigenvalue weighted by Gasteiger charge is -2.12. The van der Waals surface area contributed by atoms with Gasteiger partial charge in [0, 0.05) is 4.47 Å². The van der Waals surface area contributed by atoms with Gasteiger partial charge in [0.2, 0.25) is 5.91 Å². The first-order chi connectivity index (χ1) is 13.4. The SMILES string of the molecule is Cc1cc(Br)cc(Br)c1OCC(=O)NNC(=O)Cc1cccc2ccccc12. The molecule has 0 spiro atoms. The third kappa shape index (κ3) is 5.11. The number of amides is 2. The molecule has 5 nitrogen and oxygen atoms in total. The quantitative estimate of drug-likeness (QED) is 0.503. The first-order valence-electron chi connectivity index (χ1n) is 8.57. The minimum Gasteiger partial charge on any atom is -0.482 e. The van der Waals surface area contributed by atoms with Crippen molar-refractivity contribution < 1.29 is 14.3 Å². The average Bonchev–Trinajstić information content (AvgIpc) is 2.66. The number of fused-ring (bicyclic) bond motifs is 1. The van der Waals surface area contributed by atoms with Gasteiger partial charge < -0.3 is 4.74 Å². The summed E-state index contributed by atoms with van der Waals surface area (Å²) in [6.07, 6.45) is 0.167. The van der Waals surface area contributed by atoms with E-state index in [0.717, 1.165) is 30.8 Å². The van der Waals surface area contributed by atoms with Crippen molar-refractivity contribution in [2.75, 3.05) is 6.61 Å². The van der Waals surface area contributed by atoms with Gasteiger partial charge in [-0.25, -0.2) is 0 Å². The summed E-state index contributed by atoms with van der Waals surface area (Å²) in [6.45, 7) is 1.67. The third-order valence-electron chi connectivity index (χ3n) is 4.11. The van der Waals surface area contributed by atoms with Crippen LogP contribution in [0.2, 0.25) is 0 Å². The fraction of sp³-hybridized carbons (Fsp3) is 0.143. The zero-order chi connectivity index (χ0) is 20.1. The summed E-state index contributed by atoms with van der Waals surface area (Å²) in [6, 6.07) is 17.4. The maximum atomic E-state index is 12.2. The maximum absolute atomic E-state index is 12.2. The first-order valence-corrected chi connectivity index (χ1v) is 10.2. The zero-order valence-electron chi connectivity index (χ0n) is 15.1. The molecule has 3 rings (SSSR count). The highest BCUT2D eigenvalue weighted by atomic mass is 79.9. The largest absolute Gasteiger partial charge is 0.482 e. The molecule has 3 aromatic rings. The number of nitrogens with one attached hydrogen (secondary N) is 2. The number of aryl methyl sites for hydroxylation is 1. The number of benzene rings is 3. The van der Waals surface area contributed by atoms with Crippen LogP contribution in [0.1, 0.15) is 11.1 Å². The van der Waals surface area contributed by atoms with Crippen molar-refractivity contribution >= 4 is 54.4 Å². The van der Waals surface area contributed by atoms with Gasteiger partial charge in [-0.2, -0.15) is 0 Å². The van der Waals surface area contributed by atoms with Gasteiger partial charge in [-0.15, -0.1) is 0 Å². The summed E-state index contributed by atoms with van der Waals surface area (Å²) in [7, 11) is 0. The molecule has 0 saturated heterocycles. The standard InChI is InChI=1S/C21H18Br2N2O3/c1-13-9-16(22)11-18(23)21(13)28-12-20(27)25-24-19(26)10-15-7-4-6-14-5-2-3-8-17(14)15/h2-9,11H,10,12H2,1H3,(H,24,26)(H,25,27). The van der Waals surface area contributed by atoms with Gasteiger partial charge in [-0.3, -0.25) is 20.4 Å². The van der Waals surface area contributed by atoms with Gasteiger partial charge in [-0.05, 0) is 56.9 Å². The van der Waals surface area contributed by atoms with E-state index >= 15 is 0 Å². The first kappa shape index (κ1) is 20.4. The van der Waals surface area contributed by atoms with Crippen molar-refractivity contribution in [3.8, 4) is 5.75 Å². The second kappa shape index (κ2) is 9.21. The van der Waals surface area contributed by atoms with Crippen LogP contribution in [-0.2, 0) is 16.0 Å². The monoisotopic (exact) mass is 504 g/mol. The van der Waals surface area contributed by atoms with Gasteiger partial charge >= 0.3 is 0 Å².